The average molecular weight is 275 g/mol. The van der Waals surface area contributed by atoms with Crippen molar-refractivity contribution in [1.82, 2.24) is 14.7 Å². The van der Waals surface area contributed by atoms with Gasteiger partial charge < -0.3 is 14.8 Å². The van der Waals surface area contributed by atoms with Crippen molar-refractivity contribution in [2.24, 2.45) is 0 Å². The Hall–Kier alpha value is -1.88. The summed E-state index contributed by atoms with van der Waals surface area (Å²) >= 11 is 0. The third-order valence-electron chi connectivity index (χ3n) is 3.74. The molecule has 5 nitrogen and oxygen atoms in total. The van der Waals surface area contributed by atoms with Crippen molar-refractivity contribution in [3.63, 3.8) is 0 Å². The van der Waals surface area contributed by atoms with Gasteiger partial charge in [0.1, 0.15) is 5.65 Å². The highest BCUT2D eigenvalue weighted by molar-refractivity contribution is 5.79. The highest BCUT2D eigenvalue weighted by Crippen LogP contribution is 2.20. The van der Waals surface area contributed by atoms with Gasteiger partial charge in [-0.2, -0.15) is 0 Å². The molecule has 2 N–H and O–H groups in total. The lowest BCUT2D eigenvalue weighted by atomic mass is 9.86. The Morgan fingerprint density at radius 2 is 2.05 bits per heavy atom. The van der Waals surface area contributed by atoms with Crippen LogP contribution in [0, 0.1) is 0 Å². The van der Waals surface area contributed by atoms with E-state index in [0.717, 1.165) is 5.65 Å². The van der Waals surface area contributed by atoms with E-state index in [1.807, 2.05) is 35.0 Å². The maximum atomic E-state index is 12.1. The number of nitrogens with zero attached hydrogens (tertiary/aromatic N) is 2. The second kappa shape index (κ2) is 4.90. The van der Waals surface area contributed by atoms with Gasteiger partial charge in [-0.3, -0.25) is 4.79 Å². The number of aromatic nitrogens is 2. The number of hydrogen-bond acceptors (Lipinski definition) is 3. The molecule has 0 fully saturated rings. The van der Waals surface area contributed by atoms with Gasteiger partial charge in [0, 0.05) is 12.4 Å². The van der Waals surface area contributed by atoms with Crippen molar-refractivity contribution in [1.29, 1.82) is 0 Å². The minimum Gasteiger partial charge on any atom is -0.388 e. The molecule has 2 rings (SSSR count). The summed E-state index contributed by atoms with van der Waals surface area (Å²) in [4.78, 5) is 16.5. The van der Waals surface area contributed by atoms with E-state index in [1.54, 1.807) is 27.7 Å². The van der Waals surface area contributed by atoms with Gasteiger partial charge in [0.2, 0.25) is 5.91 Å². The van der Waals surface area contributed by atoms with Crippen LogP contribution in [0.25, 0.3) is 5.65 Å². The first-order valence-electron chi connectivity index (χ1n) is 6.65. The summed E-state index contributed by atoms with van der Waals surface area (Å²) in [5.74, 6) is -0.152. The summed E-state index contributed by atoms with van der Waals surface area (Å²) in [6.45, 7) is 6.96. The molecule has 2 aromatic heterocycles. The zero-order chi connectivity index (χ0) is 15.0. The molecular weight excluding hydrogens is 254 g/mol. The summed E-state index contributed by atoms with van der Waals surface area (Å²) in [7, 11) is 0. The largest absolute Gasteiger partial charge is 0.388 e. The van der Waals surface area contributed by atoms with Gasteiger partial charge in [0.05, 0.1) is 23.3 Å². The first-order chi connectivity index (χ1) is 9.19. The number of rotatable bonds is 4. The van der Waals surface area contributed by atoms with E-state index in [2.05, 4.69) is 10.3 Å². The SMILES string of the molecule is CC(C)(O)C(C)(C)NC(=O)Cc1cn2ccccc2n1. The topological polar surface area (TPSA) is 66.6 Å². The Morgan fingerprint density at radius 1 is 1.35 bits per heavy atom. The number of carbonyl (C=O) groups excluding carboxylic acids is 1. The molecule has 0 saturated heterocycles. The molecular formula is C15H21N3O2. The first kappa shape index (κ1) is 14.5. The Morgan fingerprint density at radius 3 is 2.65 bits per heavy atom. The predicted molar refractivity (Wildman–Crippen MR) is 77.4 cm³/mol. The highest BCUT2D eigenvalue weighted by Gasteiger charge is 2.36. The standard InChI is InChI=1S/C15H21N3O2/c1-14(2,15(3,4)20)17-13(19)9-11-10-18-8-6-5-7-12(18)16-11/h5-8,10,20H,9H2,1-4H3,(H,17,19). The van der Waals surface area contributed by atoms with Gasteiger partial charge in [-0.25, -0.2) is 4.98 Å². The molecule has 0 bridgehead atoms. The number of amides is 1. The second-order valence-corrected chi connectivity index (χ2v) is 6.11. The lowest BCUT2D eigenvalue weighted by Gasteiger charge is -2.37. The molecule has 0 aliphatic carbocycles. The summed E-state index contributed by atoms with van der Waals surface area (Å²) in [6.07, 6.45) is 3.93. The third-order valence-corrected chi connectivity index (χ3v) is 3.74. The van der Waals surface area contributed by atoms with E-state index >= 15 is 0 Å². The average Bonchev–Trinajstić information content (AvgIpc) is 2.68. The Labute approximate surface area is 118 Å². The number of aliphatic hydroxyl groups is 1. The fraction of sp³-hybridized carbons (Fsp3) is 0.467. The maximum absolute atomic E-state index is 12.1. The van der Waals surface area contributed by atoms with Crippen molar-refractivity contribution in [3.05, 3.63) is 36.3 Å². The summed E-state index contributed by atoms with van der Waals surface area (Å²) in [5.41, 5.74) is -0.178. The summed E-state index contributed by atoms with van der Waals surface area (Å²) < 4.78 is 1.88. The Bertz CT molecular complexity index is 590. The lowest BCUT2D eigenvalue weighted by Crippen LogP contribution is -2.58. The van der Waals surface area contributed by atoms with Gasteiger partial charge in [-0.05, 0) is 39.8 Å². The Balaban J connectivity index is 2.08. The summed E-state index contributed by atoms with van der Waals surface area (Å²) in [5, 5.41) is 12.9. The fourth-order valence-electron chi connectivity index (χ4n) is 1.78. The van der Waals surface area contributed by atoms with Crippen LogP contribution >= 0.6 is 0 Å². The zero-order valence-electron chi connectivity index (χ0n) is 12.3. The molecule has 0 unspecified atom stereocenters. The van der Waals surface area contributed by atoms with Crippen molar-refractivity contribution in [2.75, 3.05) is 0 Å². The van der Waals surface area contributed by atoms with Crippen LogP contribution in [-0.2, 0) is 11.2 Å². The zero-order valence-corrected chi connectivity index (χ0v) is 12.3. The number of nitrogens with one attached hydrogen (secondary N) is 1. The van der Waals surface area contributed by atoms with E-state index in [9.17, 15) is 9.90 Å². The number of hydrogen-bond donors (Lipinski definition) is 2. The molecule has 0 aliphatic heterocycles. The highest BCUT2D eigenvalue weighted by atomic mass is 16.3. The van der Waals surface area contributed by atoms with Crippen molar-refractivity contribution < 1.29 is 9.90 Å². The molecule has 0 spiro atoms. The van der Waals surface area contributed by atoms with Gasteiger partial charge in [0.25, 0.3) is 0 Å². The number of fused-ring (bicyclic) bond motifs is 1. The minimum atomic E-state index is -0.998. The van der Waals surface area contributed by atoms with E-state index in [4.69, 9.17) is 0 Å². The lowest BCUT2D eigenvalue weighted by molar-refractivity contribution is -0.125. The van der Waals surface area contributed by atoms with Gasteiger partial charge in [-0.1, -0.05) is 6.07 Å². The smallest absolute Gasteiger partial charge is 0.226 e. The molecule has 2 heterocycles. The van der Waals surface area contributed by atoms with Crippen LogP contribution in [0.5, 0.6) is 0 Å². The monoisotopic (exact) mass is 275 g/mol. The van der Waals surface area contributed by atoms with Crippen LogP contribution in [0.15, 0.2) is 30.6 Å². The fourth-order valence-corrected chi connectivity index (χ4v) is 1.78. The van der Waals surface area contributed by atoms with Crippen LogP contribution in [0.4, 0.5) is 0 Å². The van der Waals surface area contributed by atoms with Crippen molar-refractivity contribution in [2.45, 2.75) is 45.3 Å². The number of pyridine rings is 1. The van der Waals surface area contributed by atoms with E-state index < -0.39 is 11.1 Å². The maximum Gasteiger partial charge on any atom is 0.226 e. The van der Waals surface area contributed by atoms with Gasteiger partial charge >= 0.3 is 0 Å². The Kier molecular flexibility index (Phi) is 3.56. The minimum absolute atomic E-state index is 0.152. The number of imidazole rings is 1. The van der Waals surface area contributed by atoms with Crippen molar-refractivity contribution in [3.8, 4) is 0 Å². The van der Waals surface area contributed by atoms with Crippen LogP contribution in [-0.4, -0.2) is 31.5 Å². The van der Waals surface area contributed by atoms with Crippen LogP contribution in [0.2, 0.25) is 0 Å². The molecule has 0 atom stereocenters. The number of carbonyl (C=O) groups is 1. The third kappa shape index (κ3) is 2.99. The van der Waals surface area contributed by atoms with Crippen LogP contribution < -0.4 is 5.32 Å². The normalized spacial score (nSPS) is 12.7. The predicted octanol–water partition coefficient (Wildman–Crippen LogP) is 1.54. The summed E-state index contributed by atoms with van der Waals surface area (Å²) in [6, 6.07) is 5.71. The van der Waals surface area contributed by atoms with E-state index in [0.29, 0.717) is 5.69 Å². The van der Waals surface area contributed by atoms with Gasteiger partial charge in [-0.15, -0.1) is 0 Å². The van der Waals surface area contributed by atoms with Gasteiger partial charge in [0.15, 0.2) is 0 Å². The first-order valence-corrected chi connectivity index (χ1v) is 6.65. The quantitative estimate of drug-likeness (QED) is 0.889. The van der Waals surface area contributed by atoms with Crippen molar-refractivity contribution >= 4 is 11.6 Å². The molecule has 0 aromatic carbocycles. The molecule has 20 heavy (non-hydrogen) atoms. The van der Waals surface area contributed by atoms with Crippen LogP contribution in [0.3, 0.4) is 0 Å². The molecule has 108 valence electrons. The second-order valence-electron chi connectivity index (χ2n) is 6.11. The molecule has 5 heteroatoms. The molecule has 0 radical (unpaired) electrons. The molecule has 0 aliphatic rings. The molecule has 1 amide bonds. The molecule has 0 saturated carbocycles. The molecule has 2 aromatic rings. The van der Waals surface area contributed by atoms with E-state index in [-0.39, 0.29) is 12.3 Å². The van der Waals surface area contributed by atoms with E-state index in [1.165, 1.54) is 0 Å². The van der Waals surface area contributed by atoms with Crippen LogP contribution in [0.1, 0.15) is 33.4 Å².